The molecule has 0 radical (unpaired) electrons. The van der Waals surface area contributed by atoms with Crippen LogP contribution in [0.1, 0.15) is 79.1 Å². The van der Waals surface area contributed by atoms with Gasteiger partial charge in [0, 0.05) is 25.0 Å². The molecule has 0 saturated heterocycles. The first kappa shape index (κ1) is 19.1. The van der Waals surface area contributed by atoms with Crippen molar-refractivity contribution in [3.63, 3.8) is 0 Å². The molecule has 0 aromatic heterocycles. The van der Waals surface area contributed by atoms with Crippen LogP contribution in [0.15, 0.2) is 0 Å². The van der Waals surface area contributed by atoms with Gasteiger partial charge in [0.05, 0.1) is 0 Å². The Kier molecular flexibility index (Phi) is 6.53. The van der Waals surface area contributed by atoms with Crippen molar-refractivity contribution in [1.29, 1.82) is 0 Å². The molecule has 2 saturated carbocycles. The molecule has 0 unspecified atom stereocenters. The molecule has 0 aromatic carbocycles. The van der Waals surface area contributed by atoms with Crippen LogP contribution in [0.3, 0.4) is 0 Å². The van der Waals surface area contributed by atoms with E-state index in [1.54, 1.807) is 0 Å². The number of nitrogens with zero attached hydrogens (tertiary/aromatic N) is 1. The lowest BCUT2D eigenvalue weighted by Gasteiger charge is -2.37. The molecule has 2 amide bonds. The van der Waals surface area contributed by atoms with E-state index in [0.29, 0.717) is 25.0 Å². The minimum Gasteiger partial charge on any atom is -0.444 e. The Bertz CT molecular complexity index is 432. The zero-order valence-corrected chi connectivity index (χ0v) is 15.8. The summed E-state index contributed by atoms with van der Waals surface area (Å²) in [7, 11) is 0. The van der Waals surface area contributed by atoms with Crippen LogP contribution in [0.2, 0.25) is 0 Å². The van der Waals surface area contributed by atoms with Crippen LogP contribution in [-0.4, -0.2) is 41.1 Å². The molecular formula is C19H34N2O3. The van der Waals surface area contributed by atoms with Gasteiger partial charge in [0.2, 0.25) is 5.91 Å². The van der Waals surface area contributed by atoms with E-state index in [1.165, 1.54) is 19.3 Å². The Labute approximate surface area is 146 Å². The number of amides is 2. The molecule has 0 aromatic rings. The first-order chi connectivity index (χ1) is 11.3. The maximum absolute atomic E-state index is 12.7. The van der Waals surface area contributed by atoms with Gasteiger partial charge < -0.3 is 15.0 Å². The van der Waals surface area contributed by atoms with E-state index in [4.69, 9.17) is 4.74 Å². The maximum Gasteiger partial charge on any atom is 0.407 e. The summed E-state index contributed by atoms with van der Waals surface area (Å²) in [4.78, 5) is 26.5. The van der Waals surface area contributed by atoms with E-state index in [0.717, 1.165) is 31.6 Å². The topological polar surface area (TPSA) is 58.6 Å². The Morgan fingerprint density at radius 3 is 2.04 bits per heavy atom. The molecule has 0 atom stereocenters. The van der Waals surface area contributed by atoms with Crippen molar-refractivity contribution in [3.05, 3.63) is 0 Å². The van der Waals surface area contributed by atoms with Gasteiger partial charge in [0.15, 0.2) is 0 Å². The average Bonchev–Trinajstić information content (AvgIpc) is 3.31. The number of nitrogens with one attached hydrogen (secondary N) is 1. The van der Waals surface area contributed by atoms with Crippen molar-refractivity contribution in [2.45, 2.75) is 96.7 Å². The molecule has 5 nitrogen and oxygen atoms in total. The van der Waals surface area contributed by atoms with Crippen LogP contribution < -0.4 is 5.32 Å². The van der Waals surface area contributed by atoms with E-state index >= 15 is 0 Å². The van der Waals surface area contributed by atoms with Crippen LogP contribution >= 0.6 is 0 Å². The van der Waals surface area contributed by atoms with E-state index in [1.807, 2.05) is 20.8 Å². The van der Waals surface area contributed by atoms with Gasteiger partial charge in [-0.25, -0.2) is 4.79 Å². The Morgan fingerprint density at radius 2 is 1.58 bits per heavy atom. The summed E-state index contributed by atoms with van der Waals surface area (Å²) >= 11 is 0. The zero-order chi connectivity index (χ0) is 17.7. The zero-order valence-electron chi connectivity index (χ0n) is 15.8. The molecule has 0 spiro atoms. The Morgan fingerprint density at radius 1 is 1.04 bits per heavy atom. The fourth-order valence-electron chi connectivity index (χ4n) is 3.60. The highest BCUT2D eigenvalue weighted by molar-refractivity contribution is 5.78. The first-order valence-electron chi connectivity index (χ1n) is 9.58. The van der Waals surface area contributed by atoms with E-state index in [9.17, 15) is 9.59 Å². The lowest BCUT2D eigenvalue weighted by Crippen LogP contribution is -2.45. The molecule has 0 aliphatic heterocycles. The maximum atomic E-state index is 12.7. The van der Waals surface area contributed by atoms with Gasteiger partial charge >= 0.3 is 6.09 Å². The van der Waals surface area contributed by atoms with E-state index < -0.39 is 11.7 Å². The molecule has 1 N–H and O–H groups in total. The predicted octanol–water partition coefficient (Wildman–Crippen LogP) is 3.86. The molecule has 2 aliphatic rings. The lowest BCUT2D eigenvalue weighted by atomic mass is 9.83. The van der Waals surface area contributed by atoms with Gasteiger partial charge in [0.1, 0.15) is 5.60 Å². The van der Waals surface area contributed by atoms with Crippen molar-refractivity contribution in [1.82, 2.24) is 10.2 Å². The third kappa shape index (κ3) is 5.99. The molecule has 2 aliphatic carbocycles. The van der Waals surface area contributed by atoms with Gasteiger partial charge in [-0.05, 0) is 65.2 Å². The van der Waals surface area contributed by atoms with Gasteiger partial charge in [0.25, 0.3) is 0 Å². The van der Waals surface area contributed by atoms with Gasteiger partial charge in [-0.1, -0.05) is 13.3 Å². The quantitative estimate of drug-likeness (QED) is 0.800. The molecule has 138 valence electrons. The van der Waals surface area contributed by atoms with E-state index in [-0.39, 0.29) is 5.91 Å². The second kappa shape index (κ2) is 8.21. The largest absolute Gasteiger partial charge is 0.444 e. The van der Waals surface area contributed by atoms with Gasteiger partial charge in [-0.3, -0.25) is 4.79 Å². The van der Waals surface area contributed by atoms with Crippen LogP contribution in [0, 0.1) is 5.92 Å². The molecule has 2 rings (SSSR count). The average molecular weight is 338 g/mol. The fourth-order valence-corrected chi connectivity index (χ4v) is 3.60. The SMILES string of the molecule is CCC1CCC(N(C(=O)CCNC(=O)OC(C)(C)C)C2CC2)CC1. The normalized spacial score (nSPS) is 24.3. The number of hydrogen-bond acceptors (Lipinski definition) is 3. The standard InChI is InChI=1S/C19H34N2O3/c1-5-14-6-8-15(9-7-14)21(16-10-11-16)17(22)12-13-20-18(23)24-19(2,3)4/h14-16H,5-13H2,1-4H3,(H,20,23). The summed E-state index contributed by atoms with van der Waals surface area (Å²) in [6.45, 7) is 8.11. The number of carbonyl (C=O) groups excluding carboxylic acids is 2. The highest BCUT2D eigenvalue weighted by Gasteiger charge is 2.38. The fraction of sp³-hybridized carbons (Fsp3) is 0.895. The highest BCUT2D eigenvalue weighted by Crippen LogP contribution is 2.36. The summed E-state index contributed by atoms with van der Waals surface area (Å²) in [5.74, 6) is 1.03. The van der Waals surface area contributed by atoms with Crippen molar-refractivity contribution < 1.29 is 14.3 Å². The van der Waals surface area contributed by atoms with E-state index in [2.05, 4.69) is 17.1 Å². The van der Waals surface area contributed by atoms with Gasteiger partial charge in [-0.15, -0.1) is 0 Å². The Hall–Kier alpha value is -1.26. The number of hydrogen-bond donors (Lipinski definition) is 1. The van der Waals surface area contributed by atoms with Crippen molar-refractivity contribution in [2.24, 2.45) is 5.92 Å². The van der Waals surface area contributed by atoms with Crippen molar-refractivity contribution in [2.75, 3.05) is 6.54 Å². The summed E-state index contributed by atoms with van der Waals surface area (Å²) in [5.41, 5.74) is -0.508. The lowest BCUT2D eigenvalue weighted by molar-refractivity contribution is -0.135. The molecule has 0 heterocycles. The molecule has 5 heteroatoms. The predicted molar refractivity (Wildman–Crippen MR) is 94.8 cm³/mol. The third-order valence-electron chi connectivity index (χ3n) is 5.02. The number of alkyl carbamates (subject to hydrolysis) is 1. The highest BCUT2D eigenvalue weighted by atomic mass is 16.6. The second-order valence-corrected chi connectivity index (χ2v) is 8.29. The van der Waals surface area contributed by atoms with Crippen molar-refractivity contribution >= 4 is 12.0 Å². The summed E-state index contributed by atoms with van der Waals surface area (Å²) in [5, 5.41) is 2.69. The summed E-state index contributed by atoms with van der Waals surface area (Å²) in [6.07, 6.45) is 8.21. The first-order valence-corrected chi connectivity index (χ1v) is 9.58. The Balaban J connectivity index is 1.77. The smallest absolute Gasteiger partial charge is 0.407 e. The van der Waals surface area contributed by atoms with Crippen LogP contribution in [0.4, 0.5) is 4.79 Å². The minimum atomic E-state index is -0.508. The van der Waals surface area contributed by atoms with Crippen LogP contribution in [-0.2, 0) is 9.53 Å². The molecule has 24 heavy (non-hydrogen) atoms. The molecular weight excluding hydrogens is 304 g/mol. The number of carbonyl (C=O) groups is 2. The molecule has 2 fully saturated rings. The third-order valence-corrected chi connectivity index (χ3v) is 5.02. The monoisotopic (exact) mass is 338 g/mol. The van der Waals surface area contributed by atoms with Crippen LogP contribution in [0.5, 0.6) is 0 Å². The summed E-state index contributed by atoms with van der Waals surface area (Å²) < 4.78 is 5.21. The molecule has 0 bridgehead atoms. The van der Waals surface area contributed by atoms with Gasteiger partial charge in [-0.2, -0.15) is 0 Å². The van der Waals surface area contributed by atoms with Crippen LogP contribution in [0.25, 0.3) is 0 Å². The summed E-state index contributed by atoms with van der Waals surface area (Å²) in [6, 6.07) is 0.858. The second-order valence-electron chi connectivity index (χ2n) is 8.29. The number of rotatable bonds is 6. The number of ether oxygens (including phenoxy) is 1. The van der Waals surface area contributed by atoms with Crippen molar-refractivity contribution in [3.8, 4) is 0 Å². The minimum absolute atomic E-state index is 0.188.